The minimum absolute atomic E-state index is 0.00304. The van der Waals surface area contributed by atoms with Crippen molar-refractivity contribution >= 4 is 11.7 Å². The summed E-state index contributed by atoms with van der Waals surface area (Å²) in [6.07, 6.45) is 2.12. The Morgan fingerprint density at radius 3 is 2.38 bits per heavy atom. The molecule has 86 valence electrons. The van der Waals surface area contributed by atoms with Crippen molar-refractivity contribution < 1.29 is 9.59 Å². The smallest absolute Gasteiger partial charge is 0.268 e. The number of ketones is 1. The lowest BCUT2D eigenvalue weighted by molar-refractivity contribution is 0.0945. The van der Waals surface area contributed by atoms with Gasteiger partial charge in [-0.1, -0.05) is 0 Å². The van der Waals surface area contributed by atoms with Crippen LogP contribution < -0.4 is 5.32 Å². The first-order valence-corrected chi connectivity index (χ1v) is 5.51. The first kappa shape index (κ1) is 10.9. The fraction of sp³-hybridized carbons (Fsp3) is 0.500. The predicted octanol–water partition coefficient (Wildman–Crippen LogP) is 1.73. The van der Waals surface area contributed by atoms with Crippen molar-refractivity contribution in [1.82, 2.24) is 10.3 Å². The van der Waals surface area contributed by atoms with Crippen LogP contribution >= 0.6 is 0 Å². The number of nitrogens with one attached hydrogen (secondary N) is 2. The summed E-state index contributed by atoms with van der Waals surface area (Å²) in [7, 11) is 0. The molecule has 0 atom stereocenters. The van der Waals surface area contributed by atoms with E-state index >= 15 is 0 Å². The average Bonchev–Trinajstić information content (AvgIpc) is 2.91. The number of carbonyl (C=O) groups is 2. The number of carbonyl (C=O) groups excluding carboxylic acids is 2. The Kier molecular flexibility index (Phi) is 2.58. The molecular weight excluding hydrogens is 204 g/mol. The molecule has 0 bridgehead atoms. The summed E-state index contributed by atoms with van der Waals surface area (Å²) in [6.45, 7) is 5.14. The molecule has 1 heterocycles. The van der Waals surface area contributed by atoms with Gasteiger partial charge in [-0.05, 0) is 39.2 Å². The van der Waals surface area contributed by atoms with Crippen LogP contribution in [0, 0.1) is 13.8 Å². The molecule has 4 heteroatoms. The maximum absolute atomic E-state index is 11.9. The van der Waals surface area contributed by atoms with Gasteiger partial charge in [0.25, 0.3) is 5.91 Å². The van der Waals surface area contributed by atoms with Crippen LogP contribution in [0.1, 0.15) is 51.9 Å². The average molecular weight is 220 g/mol. The third-order valence-corrected chi connectivity index (χ3v) is 2.93. The molecule has 1 amide bonds. The maximum Gasteiger partial charge on any atom is 0.268 e. The SMILES string of the molecule is CC(=O)c1c(C)[nH]c(C(=O)NC2CC2)c1C. The van der Waals surface area contributed by atoms with Crippen LogP contribution in [0.25, 0.3) is 0 Å². The zero-order valence-electron chi connectivity index (χ0n) is 9.81. The fourth-order valence-electron chi connectivity index (χ4n) is 1.99. The van der Waals surface area contributed by atoms with E-state index in [4.69, 9.17) is 0 Å². The number of amides is 1. The number of aryl methyl sites for hydroxylation is 1. The van der Waals surface area contributed by atoms with Crippen molar-refractivity contribution in [3.8, 4) is 0 Å². The van der Waals surface area contributed by atoms with E-state index < -0.39 is 0 Å². The van der Waals surface area contributed by atoms with Gasteiger partial charge in [-0.25, -0.2) is 0 Å². The van der Waals surface area contributed by atoms with Crippen molar-refractivity contribution in [1.29, 1.82) is 0 Å². The van der Waals surface area contributed by atoms with E-state index in [2.05, 4.69) is 10.3 Å². The molecule has 0 spiro atoms. The molecular formula is C12H16N2O2. The molecule has 1 aliphatic rings. The molecule has 0 aliphatic heterocycles. The highest BCUT2D eigenvalue weighted by atomic mass is 16.2. The minimum Gasteiger partial charge on any atom is -0.354 e. The molecule has 1 aliphatic carbocycles. The second kappa shape index (κ2) is 3.77. The van der Waals surface area contributed by atoms with E-state index in [1.54, 1.807) is 0 Å². The van der Waals surface area contributed by atoms with Gasteiger partial charge >= 0.3 is 0 Å². The normalized spacial score (nSPS) is 14.9. The van der Waals surface area contributed by atoms with Gasteiger partial charge in [-0.3, -0.25) is 9.59 Å². The minimum atomic E-state index is -0.101. The zero-order chi connectivity index (χ0) is 11.9. The largest absolute Gasteiger partial charge is 0.354 e. The Bertz CT molecular complexity index is 456. The Morgan fingerprint density at radius 2 is 1.94 bits per heavy atom. The second-order valence-corrected chi connectivity index (χ2v) is 4.43. The van der Waals surface area contributed by atoms with Crippen LogP contribution in [0.2, 0.25) is 0 Å². The van der Waals surface area contributed by atoms with Crippen molar-refractivity contribution in [2.24, 2.45) is 0 Å². The quantitative estimate of drug-likeness (QED) is 0.762. The van der Waals surface area contributed by atoms with Crippen molar-refractivity contribution in [2.75, 3.05) is 0 Å². The molecule has 4 nitrogen and oxygen atoms in total. The first-order valence-electron chi connectivity index (χ1n) is 5.51. The van der Waals surface area contributed by atoms with Gasteiger partial charge in [-0.15, -0.1) is 0 Å². The summed E-state index contributed by atoms with van der Waals surface area (Å²) < 4.78 is 0. The van der Waals surface area contributed by atoms with Crippen LogP contribution in [0.5, 0.6) is 0 Å². The molecule has 1 fully saturated rings. The fourth-order valence-corrected chi connectivity index (χ4v) is 1.99. The molecule has 1 aromatic rings. The Morgan fingerprint density at radius 1 is 1.31 bits per heavy atom. The van der Waals surface area contributed by atoms with E-state index in [1.165, 1.54) is 6.92 Å². The molecule has 0 saturated heterocycles. The lowest BCUT2D eigenvalue weighted by atomic mass is 10.1. The molecule has 2 N–H and O–H groups in total. The monoisotopic (exact) mass is 220 g/mol. The number of hydrogen-bond donors (Lipinski definition) is 2. The third-order valence-electron chi connectivity index (χ3n) is 2.93. The van der Waals surface area contributed by atoms with Gasteiger partial charge in [-0.2, -0.15) is 0 Å². The summed E-state index contributed by atoms with van der Waals surface area (Å²) in [4.78, 5) is 26.3. The van der Waals surface area contributed by atoms with Crippen LogP contribution in [-0.4, -0.2) is 22.7 Å². The molecule has 0 radical (unpaired) electrons. The number of aromatic nitrogens is 1. The summed E-state index contributed by atoms with van der Waals surface area (Å²) in [5.74, 6) is -0.104. The lowest BCUT2D eigenvalue weighted by Crippen LogP contribution is -2.26. The van der Waals surface area contributed by atoms with Gasteiger partial charge in [0.2, 0.25) is 0 Å². The van der Waals surface area contributed by atoms with Gasteiger partial charge in [0, 0.05) is 17.3 Å². The van der Waals surface area contributed by atoms with Crippen LogP contribution in [0.4, 0.5) is 0 Å². The van der Waals surface area contributed by atoms with Crippen LogP contribution in [0.15, 0.2) is 0 Å². The first-order chi connectivity index (χ1) is 7.50. The number of Topliss-reactive ketones (excluding diaryl/α,β-unsaturated/α-hetero) is 1. The summed E-state index contributed by atoms with van der Waals surface area (Å²) >= 11 is 0. The zero-order valence-corrected chi connectivity index (χ0v) is 9.81. The van der Waals surface area contributed by atoms with E-state index in [-0.39, 0.29) is 11.7 Å². The Hall–Kier alpha value is -1.58. The molecule has 1 aromatic heterocycles. The topological polar surface area (TPSA) is 62.0 Å². The van der Waals surface area contributed by atoms with E-state index in [0.717, 1.165) is 24.1 Å². The molecule has 0 aromatic carbocycles. The van der Waals surface area contributed by atoms with Crippen molar-refractivity contribution in [3.05, 3.63) is 22.5 Å². The van der Waals surface area contributed by atoms with Crippen molar-refractivity contribution in [3.63, 3.8) is 0 Å². The molecule has 0 unspecified atom stereocenters. The molecule has 2 rings (SSSR count). The molecule has 1 saturated carbocycles. The second-order valence-electron chi connectivity index (χ2n) is 4.43. The number of rotatable bonds is 3. The van der Waals surface area contributed by atoms with Gasteiger partial charge in [0.05, 0.1) is 0 Å². The highest BCUT2D eigenvalue weighted by Crippen LogP contribution is 2.22. The standard InChI is InChI=1S/C12H16N2O2/c1-6-10(8(3)15)7(2)13-11(6)12(16)14-9-4-5-9/h9,13H,4-5H2,1-3H3,(H,14,16). The number of hydrogen-bond acceptors (Lipinski definition) is 2. The van der Waals surface area contributed by atoms with E-state index in [0.29, 0.717) is 17.3 Å². The predicted molar refractivity (Wildman–Crippen MR) is 60.8 cm³/mol. The van der Waals surface area contributed by atoms with E-state index in [1.807, 2.05) is 13.8 Å². The Labute approximate surface area is 94.4 Å². The van der Waals surface area contributed by atoms with Crippen LogP contribution in [-0.2, 0) is 0 Å². The third kappa shape index (κ3) is 1.87. The van der Waals surface area contributed by atoms with Crippen LogP contribution in [0.3, 0.4) is 0 Å². The molecule has 16 heavy (non-hydrogen) atoms. The van der Waals surface area contributed by atoms with Crippen molar-refractivity contribution in [2.45, 2.75) is 39.7 Å². The highest BCUT2D eigenvalue weighted by molar-refractivity contribution is 6.02. The summed E-state index contributed by atoms with van der Waals surface area (Å²) in [6, 6.07) is 0.330. The number of aromatic amines is 1. The number of H-pyrrole nitrogens is 1. The van der Waals surface area contributed by atoms with Gasteiger partial charge in [0.15, 0.2) is 5.78 Å². The lowest BCUT2D eigenvalue weighted by Gasteiger charge is -2.02. The highest BCUT2D eigenvalue weighted by Gasteiger charge is 2.26. The van der Waals surface area contributed by atoms with Gasteiger partial charge in [0.1, 0.15) is 5.69 Å². The Balaban J connectivity index is 2.30. The van der Waals surface area contributed by atoms with E-state index in [9.17, 15) is 9.59 Å². The summed E-state index contributed by atoms with van der Waals surface area (Å²) in [5, 5.41) is 2.91. The van der Waals surface area contributed by atoms with Gasteiger partial charge < -0.3 is 10.3 Å². The maximum atomic E-state index is 11.9. The summed E-state index contributed by atoms with van der Waals surface area (Å²) in [5.41, 5.74) is 2.68.